The Labute approximate surface area is 239 Å². The summed E-state index contributed by atoms with van der Waals surface area (Å²) in [5, 5.41) is 4.82. The van der Waals surface area contributed by atoms with Crippen LogP contribution in [-0.4, -0.2) is 106 Å². The van der Waals surface area contributed by atoms with Crippen molar-refractivity contribution in [3.8, 4) is 18.1 Å². The van der Waals surface area contributed by atoms with Gasteiger partial charge in [-0.2, -0.15) is 0 Å². The lowest BCUT2D eigenvalue weighted by Gasteiger charge is -2.40. The van der Waals surface area contributed by atoms with E-state index in [1.807, 2.05) is 30.0 Å². The van der Waals surface area contributed by atoms with Gasteiger partial charge in [-0.3, -0.25) is 4.79 Å². The van der Waals surface area contributed by atoms with Crippen molar-refractivity contribution in [3.05, 3.63) is 29.3 Å². The van der Waals surface area contributed by atoms with Crippen molar-refractivity contribution in [2.45, 2.75) is 29.6 Å². The molecule has 2 unspecified atom stereocenters. The minimum atomic E-state index is -0.327. The zero-order valence-corrected chi connectivity index (χ0v) is 24.1. The maximum absolute atomic E-state index is 13.3. The molecule has 12 heteroatoms. The van der Waals surface area contributed by atoms with Crippen molar-refractivity contribution in [1.29, 1.82) is 0 Å². The largest absolute Gasteiger partial charge is 0.497 e. The van der Waals surface area contributed by atoms with Crippen LogP contribution in [0.25, 0.3) is 0 Å². The number of hydrogen-bond donors (Lipinski definition) is 2. The number of hydrogen-bond acceptors (Lipinski definition) is 8. The summed E-state index contributed by atoms with van der Waals surface area (Å²) in [6.07, 6.45) is 5.12. The number of carbonyl (C=O) groups is 2. The second-order valence-corrected chi connectivity index (χ2v) is 10.8. The van der Waals surface area contributed by atoms with Crippen molar-refractivity contribution in [3.63, 3.8) is 0 Å². The van der Waals surface area contributed by atoms with E-state index in [1.54, 1.807) is 7.11 Å². The first kappa shape index (κ1) is 31.3. The van der Waals surface area contributed by atoms with Gasteiger partial charge in [-0.1, -0.05) is 12.0 Å². The number of alkyl halides is 1. The molecular weight excluding hydrogens is 546 g/mol. The zero-order chi connectivity index (χ0) is 28.0. The third-order valence-electron chi connectivity index (χ3n) is 6.46. The molecule has 1 saturated heterocycles. The van der Waals surface area contributed by atoms with E-state index in [-0.39, 0.29) is 47.0 Å². The molecule has 1 fully saturated rings. The average molecular weight is 584 g/mol. The summed E-state index contributed by atoms with van der Waals surface area (Å²) >= 11 is 7.68. The molecule has 0 aliphatic carbocycles. The molecule has 0 aromatic heterocycles. The van der Waals surface area contributed by atoms with Gasteiger partial charge in [0.05, 0.1) is 75.9 Å². The number of ether oxygens (including phenoxy) is 5. The van der Waals surface area contributed by atoms with E-state index in [0.717, 1.165) is 16.9 Å². The number of fused-ring (bicyclic) bond motifs is 1. The standard InChI is InChI=1S/C27H38ClN3O7S/c1-4-7-35-8-9-36-10-11-37-12-13-38-17-20-16-31(19(2)22-6-5-21(34-3)14-23(20)22)25(32)18-39-26-24(28)15-29-27(33)30-26/h1,5-6,14,19-20,24,26H,7-13,15-18H2,2-3H3,(H2,29,30,33)/t19-,20+,24?,26?/m0/s1. The predicted octanol–water partition coefficient (Wildman–Crippen LogP) is 2.36. The fraction of sp³-hybridized carbons (Fsp3) is 0.630. The van der Waals surface area contributed by atoms with Crippen molar-refractivity contribution in [2.75, 3.05) is 78.8 Å². The summed E-state index contributed by atoms with van der Waals surface area (Å²) in [5.41, 5.74) is 2.19. The number of carbonyl (C=O) groups excluding carboxylic acids is 2. The van der Waals surface area contributed by atoms with Crippen LogP contribution < -0.4 is 15.4 Å². The summed E-state index contributed by atoms with van der Waals surface area (Å²) in [6.45, 7) is 6.34. The molecule has 4 atom stereocenters. The highest BCUT2D eigenvalue weighted by atomic mass is 35.5. The van der Waals surface area contributed by atoms with Gasteiger partial charge >= 0.3 is 6.03 Å². The maximum Gasteiger partial charge on any atom is 0.315 e. The second kappa shape index (κ2) is 16.8. The Bertz CT molecular complexity index is 979. The van der Waals surface area contributed by atoms with Gasteiger partial charge < -0.3 is 39.2 Å². The Morgan fingerprint density at radius 1 is 1.13 bits per heavy atom. The van der Waals surface area contributed by atoms with Gasteiger partial charge in [0.1, 0.15) is 12.4 Å². The van der Waals surface area contributed by atoms with Crippen LogP contribution in [-0.2, 0) is 23.7 Å². The third kappa shape index (κ3) is 9.74. The number of nitrogens with zero attached hydrogens (tertiary/aromatic N) is 1. The first-order valence-corrected chi connectivity index (χ1v) is 14.4. The monoisotopic (exact) mass is 583 g/mol. The van der Waals surface area contributed by atoms with Gasteiger partial charge in [0.2, 0.25) is 5.91 Å². The molecule has 2 aliphatic heterocycles. The van der Waals surface area contributed by atoms with Crippen LogP contribution in [0.2, 0.25) is 0 Å². The lowest BCUT2D eigenvalue weighted by Crippen LogP contribution is -2.54. The molecule has 0 spiro atoms. The highest BCUT2D eigenvalue weighted by Gasteiger charge is 2.35. The fourth-order valence-electron chi connectivity index (χ4n) is 4.41. The molecule has 2 aliphatic rings. The van der Waals surface area contributed by atoms with Crippen LogP contribution in [0.4, 0.5) is 4.79 Å². The topological polar surface area (TPSA) is 108 Å². The molecule has 39 heavy (non-hydrogen) atoms. The first-order chi connectivity index (χ1) is 18.9. The Balaban J connectivity index is 1.48. The molecule has 2 heterocycles. The molecule has 1 aromatic rings. The van der Waals surface area contributed by atoms with E-state index < -0.39 is 0 Å². The van der Waals surface area contributed by atoms with Gasteiger partial charge in [-0.15, -0.1) is 29.8 Å². The quantitative estimate of drug-likeness (QED) is 0.174. The van der Waals surface area contributed by atoms with E-state index in [9.17, 15) is 9.59 Å². The lowest BCUT2D eigenvalue weighted by atomic mass is 9.86. The molecule has 0 radical (unpaired) electrons. The average Bonchev–Trinajstić information content (AvgIpc) is 2.94. The summed E-state index contributed by atoms with van der Waals surface area (Å²) < 4.78 is 27.6. The molecule has 3 amide bonds. The zero-order valence-electron chi connectivity index (χ0n) is 22.5. The van der Waals surface area contributed by atoms with Gasteiger partial charge in [-0.25, -0.2) is 4.79 Å². The summed E-state index contributed by atoms with van der Waals surface area (Å²) in [5.74, 6) is 3.35. The third-order valence-corrected chi connectivity index (χ3v) is 8.23. The van der Waals surface area contributed by atoms with Crippen LogP contribution in [0.15, 0.2) is 18.2 Å². The van der Waals surface area contributed by atoms with Gasteiger partial charge in [0.15, 0.2) is 0 Å². The smallest absolute Gasteiger partial charge is 0.315 e. The van der Waals surface area contributed by atoms with Crippen LogP contribution >= 0.6 is 23.4 Å². The van der Waals surface area contributed by atoms with E-state index in [0.29, 0.717) is 59.3 Å². The maximum atomic E-state index is 13.3. The summed E-state index contributed by atoms with van der Waals surface area (Å²) in [4.78, 5) is 26.9. The lowest BCUT2D eigenvalue weighted by molar-refractivity contribution is -0.131. The van der Waals surface area contributed by atoms with Crippen molar-refractivity contribution in [1.82, 2.24) is 15.5 Å². The highest BCUT2D eigenvalue weighted by Crippen LogP contribution is 2.38. The summed E-state index contributed by atoms with van der Waals surface area (Å²) in [6, 6.07) is 5.58. The Kier molecular flexibility index (Phi) is 13.5. The highest BCUT2D eigenvalue weighted by molar-refractivity contribution is 8.00. The molecule has 216 valence electrons. The number of amides is 3. The predicted molar refractivity (Wildman–Crippen MR) is 150 cm³/mol. The number of thioether (sulfide) groups is 1. The molecule has 2 N–H and O–H groups in total. The van der Waals surface area contributed by atoms with Gasteiger partial charge in [0.25, 0.3) is 0 Å². The minimum absolute atomic E-state index is 0.0105. The van der Waals surface area contributed by atoms with Gasteiger partial charge in [-0.05, 0) is 30.2 Å². The normalized spacial score (nSPS) is 22.4. The summed E-state index contributed by atoms with van der Waals surface area (Å²) in [7, 11) is 1.64. The van der Waals surface area contributed by atoms with Crippen LogP contribution in [0.1, 0.15) is 30.0 Å². The van der Waals surface area contributed by atoms with Crippen molar-refractivity contribution < 1.29 is 33.3 Å². The van der Waals surface area contributed by atoms with Crippen LogP contribution in [0.5, 0.6) is 5.75 Å². The van der Waals surface area contributed by atoms with Crippen molar-refractivity contribution >= 4 is 35.3 Å². The van der Waals surface area contributed by atoms with E-state index in [1.165, 1.54) is 11.8 Å². The van der Waals surface area contributed by atoms with Crippen LogP contribution in [0.3, 0.4) is 0 Å². The molecular formula is C27H38ClN3O7S. The number of rotatable bonds is 16. The molecule has 0 bridgehead atoms. The molecule has 1 aromatic carbocycles. The molecule has 0 saturated carbocycles. The number of terminal acetylenes is 1. The second-order valence-electron chi connectivity index (χ2n) is 9.07. The first-order valence-electron chi connectivity index (χ1n) is 13.0. The fourth-order valence-corrected chi connectivity index (χ4v) is 5.75. The molecule has 10 nitrogen and oxygen atoms in total. The van der Waals surface area contributed by atoms with Crippen molar-refractivity contribution in [2.24, 2.45) is 0 Å². The molecule has 3 rings (SSSR count). The Morgan fingerprint density at radius 2 is 1.82 bits per heavy atom. The Hall–Kier alpha value is -2.20. The number of benzene rings is 1. The Morgan fingerprint density at radius 3 is 2.51 bits per heavy atom. The number of methoxy groups -OCH3 is 1. The SMILES string of the molecule is C#CCOCCOCCOCCOC[C@H]1CN(C(=O)CSC2NC(=O)NCC2Cl)[C@@H](C)c2ccc(OC)cc21. The van der Waals surface area contributed by atoms with E-state index in [2.05, 4.69) is 16.6 Å². The number of halogens is 1. The van der Waals surface area contributed by atoms with E-state index in [4.69, 9.17) is 41.7 Å². The van der Waals surface area contributed by atoms with Crippen LogP contribution in [0, 0.1) is 12.3 Å². The van der Waals surface area contributed by atoms with E-state index >= 15 is 0 Å². The minimum Gasteiger partial charge on any atom is -0.497 e. The van der Waals surface area contributed by atoms with Gasteiger partial charge in [0, 0.05) is 19.0 Å². The number of urea groups is 1. The number of nitrogens with one attached hydrogen (secondary N) is 2.